The number of benzene rings is 1. The molecule has 0 N–H and O–H groups in total. The minimum Gasteiger partial charge on any atom is -0.381 e. The summed E-state index contributed by atoms with van der Waals surface area (Å²) in [5.74, 6) is 1.47. The summed E-state index contributed by atoms with van der Waals surface area (Å²) in [7, 11) is 2.25. The topological polar surface area (TPSA) is 15.7 Å². The van der Waals surface area contributed by atoms with E-state index in [0.29, 0.717) is 0 Å². The molecule has 2 aliphatic rings. The summed E-state index contributed by atoms with van der Waals surface area (Å²) >= 11 is 0. The van der Waals surface area contributed by atoms with Gasteiger partial charge >= 0.3 is 0 Å². The zero-order valence-electron chi connectivity index (χ0n) is 14.9. The molecule has 3 rings (SSSR count). The Morgan fingerprint density at radius 2 is 1.88 bits per heavy atom. The van der Waals surface area contributed by atoms with Gasteiger partial charge < -0.3 is 14.5 Å². The Hall–Kier alpha value is -0.970. The lowest BCUT2D eigenvalue weighted by atomic mass is 9.95. The van der Waals surface area contributed by atoms with Crippen molar-refractivity contribution in [3.8, 4) is 0 Å². The molecule has 1 atom stereocenters. The van der Waals surface area contributed by atoms with Gasteiger partial charge in [0.15, 0.2) is 0 Å². The first-order valence-electron chi connectivity index (χ1n) is 9.43. The zero-order chi connectivity index (χ0) is 16.8. The molecule has 1 unspecified atom stereocenters. The van der Waals surface area contributed by atoms with Gasteiger partial charge in [0.2, 0.25) is 0 Å². The van der Waals surface area contributed by atoms with Crippen LogP contribution >= 0.6 is 0 Å². The van der Waals surface area contributed by atoms with Crippen LogP contribution in [0, 0.1) is 17.7 Å². The van der Waals surface area contributed by atoms with Gasteiger partial charge in [-0.1, -0.05) is 18.2 Å². The number of rotatable bonds is 7. The molecular formula is C20H31FN2O. The Morgan fingerprint density at radius 3 is 2.58 bits per heavy atom. The molecule has 1 aromatic carbocycles. The van der Waals surface area contributed by atoms with E-state index < -0.39 is 0 Å². The second kappa shape index (κ2) is 8.93. The predicted octanol–water partition coefficient (Wildman–Crippen LogP) is 3.05. The number of halogens is 1. The fourth-order valence-electron chi connectivity index (χ4n) is 4.06. The molecule has 2 saturated heterocycles. The first-order chi connectivity index (χ1) is 11.7. The standard InChI is InChI=1S/C20H31FN2O/c1-22(15-18-9-13-24-16-18)14-17-6-10-23(11-7-17)12-8-19-4-2-3-5-20(19)21/h2-5,17-18H,6-16H2,1H3. The maximum absolute atomic E-state index is 13.7. The molecule has 134 valence electrons. The van der Waals surface area contributed by atoms with Crippen molar-refractivity contribution in [2.45, 2.75) is 25.7 Å². The van der Waals surface area contributed by atoms with E-state index in [1.165, 1.54) is 32.4 Å². The van der Waals surface area contributed by atoms with Crippen molar-refractivity contribution in [3.05, 3.63) is 35.6 Å². The first kappa shape index (κ1) is 17.8. The fourth-order valence-corrected chi connectivity index (χ4v) is 4.06. The average molecular weight is 334 g/mol. The van der Waals surface area contributed by atoms with Gasteiger partial charge in [-0.3, -0.25) is 0 Å². The van der Waals surface area contributed by atoms with Crippen LogP contribution in [-0.4, -0.2) is 62.8 Å². The molecule has 0 amide bonds. The van der Waals surface area contributed by atoms with Gasteiger partial charge in [0, 0.05) is 26.2 Å². The van der Waals surface area contributed by atoms with Gasteiger partial charge in [0.05, 0.1) is 6.61 Å². The van der Waals surface area contributed by atoms with Crippen molar-refractivity contribution in [1.29, 1.82) is 0 Å². The highest BCUT2D eigenvalue weighted by Crippen LogP contribution is 2.20. The summed E-state index contributed by atoms with van der Waals surface area (Å²) < 4.78 is 19.2. The van der Waals surface area contributed by atoms with Crippen LogP contribution in [0.1, 0.15) is 24.8 Å². The molecule has 24 heavy (non-hydrogen) atoms. The van der Waals surface area contributed by atoms with Gasteiger partial charge in [-0.05, 0) is 69.3 Å². The number of likely N-dealkylation sites (tertiary alicyclic amines) is 1. The van der Waals surface area contributed by atoms with E-state index in [9.17, 15) is 4.39 Å². The van der Waals surface area contributed by atoms with E-state index in [0.717, 1.165) is 56.7 Å². The summed E-state index contributed by atoms with van der Waals surface area (Å²) in [6.45, 7) is 7.55. The minimum absolute atomic E-state index is 0.0649. The molecule has 0 spiro atoms. The fraction of sp³-hybridized carbons (Fsp3) is 0.700. The van der Waals surface area contributed by atoms with Crippen molar-refractivity contribution in [1.82, 2.24) is 9.80 Å². The maximum atomic E-state index is 13.7. The molecule has 2 aliphatic heterocycles. The lowest BCUT2D eigenvalue weighted by Crippen LogP contribution is -2.39. The molecule has 0 saturated carbocycles. The smallest absolute Gasteiger partial charge is 0.126 e. The van der Waals surface area contributed by atoms with E-state index in [1.54, 1.807) is 12.1 Å². The van der Waals surface area contributed by atoms with E-state index in [4.69, 9.17) is 4.74 Å². The quantitative estimate of drug-likeness (QED) is 0.762. The third-order valence-corrected chi connectivity index (χ3v) is 5.53. The lowest BCUT2D eigenvalue weighted by molar-refractivity contribution is 0.140. The van der Waals surface area contributed by atoms with Crippen LogP contribution < -0.4 is 0 Å². The van der Waals surface area contributed by atoms with Crippen molar-refractivity contribution >= 4 is 0 Å². The third kappa shape index (κ3) is 5.27. The van der Waals surface area contributed by atoms with Crippen LogP contribution in [0.5, 0.6) is 0 Å². The SMILES string of the molecule is CN(CC1CCN(CCc2ccccc2F)CC1)CC1CCOC1. The molecular weight excluding hydrogens is 303 g/mol. The number of hydrogen-bond donors (Lipinski definition) is 0. The Morgan fingerprint density at radius 1 is 1.12 bits per heavy atom. The Kier molecular flexibility index (Phi) is 6.64. The van der Waals surface area contributed by atoms with Crippen molar-refractivity contribution in [2.75, 3.05) is 53.0 Å². The Bertz CT molecular complexity index is 496. The number of hydrogen-bond acceptors (Lipinski definition) is 3. The lowest BCUT2D eigenvalue weighted by Gasteiger charge is -2.34. The number of ether oxygens (including phenoxy) is 1. The summed E-state index contributed by atoms with van der Waals surface area (Å²) in [6, 6.07) is 7.16. The molecule has 2 heterocycles. The summed E-state index contributed by atoms with van der Waals surface area (Å²) in [5.41, 5.74) is 0.845. The van der Waals surface area contributed by atoms with E-state index in [-0.39, 0.29) is 5.82 Å². The summed E-state index contributed by atoms with van der Waals surface area (Å²) in [4.78, 5) is 4.99. The molecule has 4 heteroatoms. The molecule has 0 bridgehead atoms. The molecule has 3 nitrogen and oxygen atoms in total. The highest BCUT2D eigenvalue weighted by atomic mass is 19.1. The van der Waals surface area contributed by atoms with Crippen LogP contribution in [0.3, 0.4) is 0 Å². The second-order valence-electron chi connectivity index (χ2n) is 7.58. The van der Waals surface area contributed by atoms with Gasteiger partial charge in [-0.2, -0.15) is 0 Å². The largest absolute Gasteiger partial charge is 0.381 e. The summed E-state index contributed by atoms with van der Waals surface area (Å²) in [5, 5.41) is 0. The van der Waals surface area contributed by atoms with Crippen LogP contribution in [-0.2, 0) is 11.2 Å². The Labute approximate surface area is 145 Å². The van der Waals surface area contributed by atoms with Crippen molar-refractivity contribution in [3.63, 3.8) is 0 Å². The average Bonchev–Trinajstić information content (AvgIpc) is 3.08. The second-order valence-corrected chi connectivity index (χ2v) is 7.58. The molecule has 0 aliphatic carbocycles. The Balaban J connectivity index is 1.34. The van der Waals surface area contributed by atoms with Crippen molar-refractivity contribution < 1.29 is 9.13 Å². The van der Waals surface area contributed by atoms with Gasteiger partial charge in [0.25, 0.3) is 0 Å². The molecule has 0 aromatic heterocycles. The predicted molar refractivity (Wildman–Crippen MR) is 95.7 cm³/mol. The molecule has 2 fully saturated rings. The number of piperidine rings is 1. The van der Waals surface area contributed by atoms with Crippen LogP contribution in [0.2, 0.25) is 0 Å². The van der Waals surface area contributed by atoms with E-state index >= 15 is 0 Å². The normalized spacial score (nSPS) is 23.2. The van der Waals surface area contributed by atoms with E-state index in [2.05, 4.69) is 16.8 Å². The monoisotopic (exact) mass is 334 g/mol. The van der Waals surface area contributed by atoms with Crippen LogP contribution in [0.15, 0.2) is 24.3 Å². The maximum Gasteiger partial charge on any atom is 0.126 e. The highest BCUT2D eigenvalue weighted by Gasteiger charge is 2.22. The minimum atomic E-state index is -0.0649. The first-order valence-corrected chi connectivity index (χ1v) is 9.43. The molecule has 0 radical (unpaired) electrons. The summed E-state index contributed by atoms with van der Waals surface area (Å²) in [6.07, 6.45) is 4.57. The van der Waals surface area contributed by atoms with Gasteiger partial charge in [0.1, 0.15) is 5.82 Å². The number of nitrogens with zero attached hydrogens (tertiary/aromatic N) is 2. The van der Waals surface area contributed by atoms with Gasteiger partial charge in [-0.15, -0.1) is 0 Å². The third-order valence-electron chi connectivity index (χ3n) is 5.53. The molecule has 1 aromatic rings. The van der Waals surface area contributed by atoms with E-state index in [1.807, 2.05) is 12.1 Å². The zero-order valence-corrected chi connectivity index (χ0v) is 14.9. The van der Waals surface area contributed by atoms with Gasteiger partial charge in [-0.25, -0.2) is 4.39 Å². The van der Waals surface area contributed by atoms with Crippen LogP contribution in [0.25, 0.3) is 0 Å². The van der Waals surface area contributed by atoms with Crippen molar-refractivity contribution in [2.24, 2.45) is 11.8 Å². The van der Waals surface area contributed by atoms with Crippen LogP contribution in [0.4, 0.5) is 4.39 Å². The highest BCUT2D eigenvalue weighted by molar-refractivity contribution is 5.17.